The van der Waals surface area contributed by atoms with Gasteiger partial charge >= 0.3 is 0 Å². The Labute approximate surface area is 111 Å². The maximum Gasteiger partial charge on any atom is 0.195 e. The lowest BCUT2D eigenvalue weighted by Gasteiger charge is -2.12. The minimum atomic E-state index is -1.29. The van der Waals surface area contributed by atoms with Gasteiger partial charge in [-0.25, -0.2) is 0 Å². The second-order valence-corrected chi connectivity index (χ2v) is 3.89. The van der Waals surface area contributed by atoms with Crippen molar-refractivity contribution in [3.63, 3.8) is 0 Å². The number of aliphatic hydroxyl groups excluding tert-OH is 1. The van der Waals surface area contributed by atoms with Crippen molar-refractivity contribution in [3.8, 4) is 5.75 Å². The summed E-state index contributed by atoms with van der Waals surface area (Å²) in [5.41, 5.74) is 0.806. The maximum absolute atomic E-state index is 12.1. The van der Waals surface area contributed by atoms with Gasteiger partial charge in [0, 0.05) is 17.8 Å². The zero-order valence-corrected chi connectivity index (χ0v) is 10.2. The van der Waals surface area contributed by atoms with Gasteiger partial charge < -0.3 is 9.94 Å². The number of benzene rings is 2. The van der Waals surface area contributed by atoms with Crippen LogP contribution in [0.5, 0.6) is 5.75 Å². The van der Waals surface area contributed by atoms with E-state index in [2.05, 4.69) is 11.9 Å². The molecule has 0 spiro atoms. The van der Waals surface area contributed by atoms with Crippen LogP contribution in [0.4, 0.5) is 0 Å². The molecule has 0 saturated carbocycles. The second kappa shape index (κ2) is 5.93. The molecule has 0 bridgehead atoms. The minimum Gasteiger partial charge on any atom is -0.380 e. The lowest BCUT2D eigenvalue weighted by atomic mass is 9.99. The van der Waals surface area contributed by atoms with Gasteiger partial charge in [-0.1, -0.05) is 53.7 Å². The molecule has 0 fully saturated rings. The molecule has 0 amide bonds. The van der Waals surface area contributed by atoms with Crippen LogP contribution in [-0.2, 0) is 0 Å². The average Bonchev–Trinajstić information content (AvgIpc) is 2.47. The molecule has 0 radical (unpaired) electrons. The van der Waals surface area contributed by atoms with E-state index in [0.29, 0.717) is 16.9 Å². The molecule has 2 aromatic rings. The van der Waals surface area contributed by atoms with E-state index in [0.717, 1.165) is 0 Å². The van der Waals surface area contributed by atoms with E-state index >= 15 is 0 Å². The van der Waals surface area contributed by atoms with E-state index in [-0.39, 0.29) is 5.78 Å². The molecule has 0 aliphatic carbocycles. The molecule has 1 atom stereocenters. The van der Waals surface area contributed by atoms with Crippen LogP contribution in [0.1, 0.15) is 22.0 Å². The highest BCUT2D eigenvalue weighted by molar-refractivity contribution is 6.00. The molecule has 1 N–H and O–H groups in total. The molecular weight excluding hydrogens is 242 g/mol. The van der Waals surface area contributed by atoms with E-state index in [9.17, 15) is 9.90 Å². The Bertz CT molecular complexity index is 581. The van der Waals surface area contributed by atoms with Crippen molar-refractivity contribution in [2.24, 2.45) is 5.16 Å². The van der Waals surface area contributed by atoms with Gasteiger partial charge in [0.2, 0.25) is 0 Å². The van der Waals surface area contributed by atoms with Crippen LogP contribution < -0.4 is 4.84 Å². The molecule has 19 heavy (non-hydrogen) atoms. The summed E-state index contributed by atoms with van der Waals surface area (Å²) < 4.78 is 0. The lowest BCUT2D eigenvalue weighted by molar-refractivity contribution is 0.0741. The van der Waals surface area contributed by atoms with Gasteiger partial charge in [-0.05, 0) is 6.07 Å². The van der Waals surface area contributed by atoms with Crippen LogP contribution in [-0.4, -0.2) is 17.6 Å². The topological polar surface area (TPSA) is 58.9 Å². The van der Waals surface area contributed by atoms with Gasteiger partial charge in [-0.3, -0.25) is 4.79 Å². The average molecular weight is 255 g/mol. The summed E-state index contributed by atoms with van der Waals surface area (Å²) in [4.78, 5) is 17.1. The number of hydrogen-bond donors (Lipinski definition) is 1. The highest BCUT2D eigenvalue weighted by Crippen LogP contribution is 2.27. The van der Waals surface area contributed by atoms with Gasteiger partial charge in [-0.15, -0.1) is 0 Å². The molecule has 0 saturated heterocycles. The van der Waals surface area contributed by atoms with Crippen molar-refractivity contribution in [1.29, 1.82) is 0 Å². The van der Waals surface area contributed by atoms with Crippen LogP contribution in [0.15, 0.2) is 59.8 Å². The first kappa shape index (κ1) is 13.0. The number of carbonyl (C=O) groups is 1. The van der Waals surface area contributed by atoms with Crippen molar-refractivity contribution >= 4 is 12.5 Å². The predicted molar refractivity (Wildman–Crippen MR) is 72.4 cm³/mol. The third-order valence-corrected chi connectivity index (χ3v) is 2.68. The van der Waals surface area contributed by atoms with E-state index in [1.165, 1.54) is 0 Å². The molecular formula is C15H13NO3. The van der Waals surface area contributed by atoms with Crippen LogP contribution in [0, 0.1) is 0 Å². The number of rotatable bonds is 5. The van der Waals surface area contributed by atoms with Gasteiger partial charge in [-0.2, -0.15) is 0 Å². The molecule has 4 heteroatoms. The van der Waals surface area contributed by atoms with Crippen molar-refractivity contribution < 1.29 is 14.7 Å². The number of Topliss-reactive ketones (excluding diaryl/α,β-unsaturated/α-hetero) is 1. The Balaban J connectivity index is 2.32. The molecule has 2 aromatic carbocycles. The fraction of sp³-hybridized carbons (Fsp3) is 0.0667. The number of hydrogen-bond acceptors (Lipinski definition) is 4. The van der Waals surface area contributed by atoms with Crippen LogP contribution in [0.25, 0.3) is 0 Å². The third-order valence-electron chi connectivity index (χ3n) is 2.68. The summed E-state index contributed by atoms with van der Waals surface area (Å²) in [6.45, 7) is 3.22. The largest absolute Gasteiger partial charge is 0.380 e. The molecule has 0 aromatic heterocycles. The molecule has 4 nitrogen and oxygen atoms in total. The first-order valence-corrected chi connectivity index (χ1v) is 5.73. The smallest absolute Gasteiger partial charge is 0.195 e. The fourth-order valence-electron chi connectivity index (χ4n) is 1.76. The zero-order chi connectivity index (χ0) is 13.7. The minimum absolute atomic E-state index is 0.314. The lowest BCUT2D eigenvalue weighted by Crippen LogP contribution is -2.13. The molecule has 0 heterocycles. The summed E-state index contributed by atoms with van der Waals surface area (Å²) >= 11 is 0. The molecule has 2 rings (SSSR count). The Morgan fingerprint density at radius 2 is 1.74 bits per heavy atom. The van der Waals surface area contributed by atoms with E-state index < -0.39 is 6.10 Å². The van der Waals surface area contributed by atoms with E-state index in [1.54, 1.807) is 48.5 Å². The summed E-state index contributed by atoms with van der Waals surface area (Å²) in [5, 5.41) is 13.5. The summed E-state index contributed by atoms with van der Waals surface area (Å²) in [5.74, 6) is -0.0741. The quantitative estimate of drug-likeness (QED) is 0.507. The normalized spacial score (nSPS) is 11.6. The SMILES string of the molecule is C=NOc1ccccc1C(O)C(=O)c1ccccc1. The Morgan fingerprint density at radius 1 is 1.11 bits per heavy atom. The van der Waals surface area contributed by atoms with E-state index in [4.69, 9.17) is 4.84 Å². The standard InChI is InChI=1S/C15H13NO3/c1-16-19-13-10-6-5-9-12(13)15(18)14(17)11-7-3-2-4-8-11/h2-10,15,18H,1H2. The Kier molecular flexibility index (Phi) is 4.05. The van der Waals surface area contributed by atoms with Crippen LogP contribution >= 0.6 is 0 Å². The maximum atomic E-state index is 12.1. The number of carbonyl (C=O) groups excluding carboxylic acids is 1. The van der Waals surface area contributed by atoms with Crippen molar-refractivity contribution in [2.75, 3.05) is 0 Å². The molecule has 0 aliphatic rings. The van der Waals surface area contributed by atoms with Crippen LogP contribution in [0.2, 0.25) is 0 Å². The Hall–Kier alpha value is -2.46. The molecule has 96 valence electrons. The number of para-hydroxylation sites is 1. The fourth-order valence-corrected chi connectivity index (χ4v) is 1.76. The summed E-state index contributed by atoms with van der Waals surface area (Å²) in [6, 6.07) is 15.3. The van der Waals surface area contributed by atoms with Gasteiger partial charge in [0.15, 0.2) is 11.5 Å². The number of nitrogens with zero attached hydrogens (tertiary/aromatic N) is 1. The number of oxime groups is 1. The first-order valence-electron chi connectivity index (χ1n) is 5.73. The number of aliphatic hydroxyl groups is 1. The molecule has 1 unspecified atom stereocenters. The monoisotopic (exact) mass is 255 g/mol. The number of ketones is 1. The highest BCUT2D eigenvalue weighted by Gasteiger charge is 2.22. The van der Waals surface area contributed by atoms with Gasteiger partial charge in [0.05, 0.1) is 0 Å². The van der Waals surface area contributed by atoms with E-state index in [1.807, 2.05) is 6.07 Å². The Morgan fingerprint density at radius 3 is 2.42 bits per heavy atom. The van der Waals surface area contributed by atoms with Crippen molar-refractivity contribution in [2.45, 2.75) is 6.10 Å². The summed E-state index contributed by atoms with van der Waals surface area (Å²) in [7, 11) is 0. The second-order valence-electron chi connectivity index (χ2n) is 3.89. The van der Waals surface area contributed by atoms with Gasteiger partial charge in [0.1, 0.15) is 6.10 Å². The van der Waals surface area contributed by atoms with Gasteiger partial charge in [0.25, 0.3) is 0 Å². The van der Waals surface area contributed by atoms with Crippen molar-refractivity contribution in [1.82, 2.24) is 0 Å². The summed E-state index contributed by atoms with van der Waals surface area (Å²) in [6.07, 6.45) is -1.29. The van der Waals surface area contributed by atoms with Crippen LogP contribution in [0.3, 0.4) is 0 Å². The zero-order valence-electron chi connectivity index (χ0n) is 10.2. The molecule has 0 aliphatic heterocycles. The third kappa shape index (κ3) is 2.86. The highest BCUT2D eigenvalue weighted by atomic mass is 16.6. The predicted octanol–water partition coefficient (Wildman–Crippen LogP) is 2.60. The van der Waals surface area contributed by atoms with Crippen molar-refractivity contribution in [3.05, 3.63) is 65.7 Å². The first-order chi connectivity index (χ1) is 9.24.